The topological polar surface area (TPSA) is 87.6 Å². The van der Waals surface area contributed by atoms with Crippen molar-refractivity contribution in [2.75, 3.05) is 13.6 Å². The number of hydrogen-bond acceptors (Lipinski definition) is 5. The number of aryl methyl sites for hydroxylation is 2. The smallest absolute Gasteiger partial charge is 0.407 e. The number of carbonyl (C=O) groups is 1. The molecule has 1 atom stereocenters. The Morgan fingerprint density at radius 3 is 2.33 bits per heavy atom. The number of guanidine groups is 1. The lowest BCUT2D eigenvalue weighted by Crippen LogP contribution is -2.50. The summed E-state index contributed by atoms with van der Waals surface area (Å²) < 4.78 is 5.34. The van der Waals surface area contributed by atoms with Crippen LogP contribution in [0.4, 0.5) is 4.79 Å². The van der Waals surface area contributed by atoms with Crippen LogP contribution >= 0.6 is 35.3 Å². The molecular formula is C18H34IN5O2S. The fourth-order valence-electron chi connectivity index (χ4n) is 2.11. The van der Waals surface area contributed by atoms with Gasteiger partial charge in [0.05, 0.1) is 18.3 Å². The third-order valence-corrected chi connectivity index (χ3v) is 4.77. The second-order valence-corrected chi connectivity index (χ2v) is 8.84. The van der Waals surface area contributed by atoms with Crippen molar-refractivity contribution in [3.8, 4) is 0 Å². The normalized spacial score (nSPS) is 13.0. The maximum Gasteiger partial charge on any atom is 0.407 e. The molecular weight excluding hydrogens is 477 g/mol. The second kappa shape index (κ2) is 11.7. The van der Waals surface area contributed by atoms with E-state index >= 15 is 0 Å². The molecule has 156 valence electrons. The molecule has 0 radical (unpaired) electrons. The number of nitrogens with one attached hydrogen (secondary N) is 3. The average Bonchev–Trinajstić information content (AvgIpc) is 2.82. The van der Waals surface area contributed by atoms with Crippen molar-refractivity contribution in [3.05, 3.63) is 15.6 Å². The SMILES string of the molecule is CN=C(NCc1nc(C)c(C)s1)NCC(NC(=O)OC(C)(C)C)C(C)C.I. The van der Waals surface area contributed by atoms with Crippen molar-refractivity contribution in [2.45, 2.75) is 66.7 Å². The summed E-state index contributed by atoms with van der Waals surface area (Å²) >= 11 is 1.68. The predicted octanol–water partition coefficient (Wildman–Crippen LogP) is 3.59. The van der Waals surface area contributed by atoms with E-state index in [9.17, 15) is 4.79 Å². The number of aromatic nitrogens is 1. The van der Waals surface area contributed by atoms with Gasteiger partial charge in [0.25, 0.3) is 0 Å². The molecule has 1 rings (SSSR count). The first kappa shape index (κ1) is 25.9. The minimum atomic E-state index is -0.513. The molecule has 27 heavy (non-hydrogen) atoms. The third kappa shape index (κ3) is 10.1. The van der Waals surface area contributed by atoms with E-state index in [1.165, 1.54) is 4.88 Å². The van der Waals surface area contributed by atoms with Crippen molar-refractivity contribution in [1.82, 2.24) is 20.9 Å². The Morgan fingerprint density at radius 2 is 1.89 bits per heavy atom. The molecule has 1 amide bonds. The monoisotopic (exact) mass is 511 g/mol. The summed E-state index contributed by atoms with van der Waals surface area (Å²) in [5.41, 5.74) is 0.553. The summed E-state index contributed by atoms with van der Waals surface area (Å²) in [6, 6.07) is -0.0762. The zero-order valence-corrected chi connectivity index (χ0v) is 20.7. The largest absolute Gasteiger partial charge is 0.444 e. The predicted molar refractivity (Wildman–Crippen MR) is 123 cm³/mol. The van der Waals surface area contributed by atoms with Gasteiger partial charge in [0.2, 0.25) is 0 Å². The molecule has 0 saturated carbocycles. The number of aliphatic imine (C=N–C) groups is 1. The quantitative estimate of drug-likeness (QED) is 0.309. The standard InChI is InChI=1S/C18H33N5O2S.HI/c1-11(2)14(23-17(24)25-18(5,6)7)9-20-16(19-8)21-10-15-22-12(3)13(4)26-15;/h11,14H,9-10H2,1-8H3,(H,23,24)(H2,19,20,21);1H. The van der Waals surface area contributed by atoms with Crippen molar-refractivity contribution >= 4 is 47.4 Å². The molecule has 3 N–H and O–H groups in total. The molecule has 1 aromatic rings. The van der Waals surface area contributed by atoms with Gasteiger partial charge in [0.15, 0.2) is 5.96 Å². The highest BCUT2D eigenvalue weighted by Crippen LogP contribution is 2.15. The molecule has 0 aliphatic rings. The number of rotatable bonds is 6. The van der Waals surface area contributed by atoms with Gasteiger partial charge in [-0.2, -0.15) is 0 Å². The van der Waals surface area contributed by atoms with E-state index in [1.807, 2.05) is 27.7 Å². The van der Waals surface area contributed by atoms with Crippen molar-refractivity contribution < 1.29 is 9.53 Å². The highest BCUT2D eigenvalue weighted by Gasteiger charge is 2.21. The first-order valence-corrected chi connectivity index (χ1v) is 9.70. The van der Waals surface area contributed by atoms with E-state index in [0.29, 0.717) is 19.0 Å². The van der Waals surface area contributed by atoms with E-state index in [-0.39, 0.29) is 35.9 Å². The van der Waals surface area contributed by atoms with Crippen molar-refractivity contribution in [3.63, 3.8) is 0 Å². The van der Waals surface area contributed by atoms with Crippen LogP contribution in [0, 0.1) is 19.8 Å². The molecule has 1 unspecified atom stereocenters. The maximum absolute atomic E-state index is 12.0. The number of nitrogens with zero attached hydrogens (tertiary/aromatic N) is 2. The van der Waals surface area contributed by atoms with Gasteiger partial charge >= 0.3 is 6.09 Å². The fraction of sp³-hybridized carbons (Fsp3) is 0.722. The van der Waals surface area contributed by atoms with Crippen LogP contribution in [0.25, 0.3) is 0 Å². The zero-order chi connectivity index (χ0) is 19.9. The Kier molecular flexibility index (Phi) is 11.2. The van der Waals surface area contributed by atoms with E-state index in [2.05, 4.69) is 46.7 Å². The van der Waals surface area contributed by atoms with Crippen LogP contribution < -0.4 is 16.0 Å². The summed E-state index contributed by atoms with van der Waals surface area (Å²) in [6.45, 7) is 14.9. The highest BCUT2D eigenvalue weighted by molar-refractivity contribution is 14.0. The Bertz CT molecular complexity index is 606. The molecule has 0 aliphatic heterocycles. The molecule has 1 heterocycles. The van der Waals surface area contributed by atoms with Gasteiger partial charge < -0.3 is 20.7 Å². The number of ether oxygens (including phenoxy) is 1. The lowest BCUT2D eigenvalue weighted by Gasteiger charge is -2.26. The Hall–Kier alpha value is -1.10. The van der Waals surface area contributed by atoms with Crippen LogP contribution in [0.15, 0.2) is 4.99 Å². The summed E-state index contributed by atoms with van der Waals surface area (Å²) in [6.07, 6.45) is -0.408. The van der Waals surface area contributed by atoms with E-state index in [4.69, 9.17) is 4.74 Å². The first-order chi connectivity index (χ1) is 12.0. The van der Waals surface area contributed by atoms with Gasteiger partial charge in [0.1, 0.15) is 10.6 Å². The lowest BCUT2D eigenvalue weighted by molar-refractivity contribution is 0.0491. The van der Waals surface area contributed by atoms with Gasteiger partial charge in [-0.3, -0.25) is 4.99 Å². The summed E-state index contributed by atoms with van der Waals surface area (Å²) in [7, 11) is 1.72. The minimum absolute atomic E-state index is 0. The number of thiazole rings is 1. The molecule has 0 aliphatic carbocycles. The van der Waals surface area contributed by atoms with Gasteiger partial charge in [-0.25, -0.2) is 9.78 Å². The van der Waals surface area contributed by atoms with Crippen LogP contribution in [0.1, 0.15) is 50.2 Å². The molecule has 0 bridgehead atoms. The minimum Gasteiger partial charge on any atom is -0.444 e. The number of halogens is 1. The number of amides is 1. The average molecular weight is 511 g/mol. The van der Waals surface area contributed by atoms with Crippen molar-refractivity contribution in [1.29, 1.82) is 0 Å². The van der Waals surface area contributed by atoms with Gasteiger partial charge in [-0.15, -0.1) is 35.3 Å². The van der Waals surface area contributed by atoms with Gasteiger partial charge in [-0.1, -0.05) is 13.8 Å². The lowest BCUT2D eigenvalue weighted by atomic mass is 10.0. The van der Waals surface area contributed by atoms with Crippen LogP contribution in [0.2, 0.25) is 0 Å². The third-order valence-electron chi connectivity index (χ3n) is 3.70. The van der Waals surface area contributed by atoms with Crippen LogP contribution in [0.3, 0.4) is 0 Å². The number of alkyl carbamates (subject to hydrolysis) is 1. The second-order valence-electron chi connectivity index (χ2n) is 7.55. The Morgan fingerprint density at radius 1 is 1.26 bits per heavy atom. The molecule has 0 spiro atoms. The van der Waals surface area contributed by atoms with E-state index in [1.54, 1.807) is 18.4 Å². The molecule has 7 nitrogen and oxygen atoms in total. The van der Waals surface area contributed by atoms with E-state index < -0.39 is 11.7 Å². The number of hydrogen-bond donors (Lipinski definition) is 3. The molecule has 0 saturated heterocycles. The van der Waals surface area contributed by atoms with Crippen LogP contribution in [-0.2, 0) is 11.3 Å². The highest BCUT2D eigenvalue weighted by atomic mass is 127. The molecule has 1 aromatic heterocycles. The first-order valence-electron chi connectivity index (χ1n) is 8.88. The van der Waals surface area contributed by atoms with Crippen molar-refractivity contribution in [2.24, 2.45) is 10.9 Å². The van der Waals surface area contributed by atoms with E-state index in [0.717, 1.165) is 10.7 Å². The molecule has 9 heteroatoms. The Balaban J connectivity index is 0.00000676. The van der Waals surface area contributed by atoms with Gasteiger partial charge in [0, 0.05) is 18.5 Å². The van der Waals surface area contributed by atoms with Gasteiger partial charge in [-0.05, 0) is 40.5 Å². The summed E-state index contributed by atoms with van der Waals surface area (Å²) in [5.74, 6) is 0.921. The maximum atomic E-state index is 12.0. The fourth-order valence-corrected chi connectivity index (χ4v) is 2.99. The zero-order valence-electron chi connectivity index (χ0n) is 17.6. The van der Waals surface area contributed by atoms with Crippen LogP contribution in [0.5, 0.6) is 0 Å². The number of carbonyl (C=O) groups excluding carboxylic acids is 1. The van der Waals surface area contributed by atoms with Crippen LogP contribution in [-0.4, -0.2) is 42.3 Å². The summed E-state index contributed by atoms with van der Waals surface area (Å²) in [4.78, 5) is 22.0. The Labute approximate surface area is 184 Å². The molecule has 0 aromatic carbocycles. The molecule has 0 fully saturated rings. The summed E-state index contributed by atoms with van der Waals surface area (Å²) in [5, 5.41) is 10.5.